The van der Waals surface area contributed by atoms with Gasteiger partial charge in [0.2, 0.25) is 0 Å². The first-order valence-electron chi connectivity index (χ1n) is 7.80. The van der Waals surface area contributed by atoms with E-state index in [-0.39, 0.29) is 18.2 Å². The van der Waals surface area contributed by atoms with Gasteiger partial charge in [-0.15, -0.1) is 0 Å². The summed E-state index contributed by atoms with van der Waals surface area (Å²) in [5, 5.41) is 3.34. The summed E-state index contributed by atoms with van der Waals surface area (Å²) in [7, 11) is 1.78. The highest BCUT2D eigenvalue weighted by molar-refractivity contribution is 5.70. The lowest BCUT2D eigenvalue weighted by Gasteiger charge is -2.20. The highest BCUT2D eigenvalue weighted by Crippen LogP contribution is 2.20. The quantitative estimate of drug-likeness (QED) is 0.712. The number of esters is 1. The van der Waals surface area contributed by atoms with Gasteiger partial charge < -0.3 is 15.0 Å². The van der Waals surface area contributed by atoms with Crippen molar-refractivity contribution in [2.24, 2.45) is 5.92 Å². The molecule has 0 unspecified atom stereocenters. The van der Waals surface area contributed by atoms with Gasteiger partial charge in [0.05, 0.1) is 18.7 Å². The maximum atomic E-state index is 14.0. The van der Waals surface area contributed by atoms with Crippen LogP contribution in [0.1, 0.15) is 32.8 Å². The number of nitrogens with one attached hydrogen (secondary N) is 1. The zero-order valence-electron chi connectivity index (χ0n) is 14.0. The molecule has 0 radical (unpaired) electrons. The van der Waals surface area contributed by atoms with Crippen LogP contribution in [0.4, 0.5) is 10.1 Å². The van der Waals surface area contributed by atoms with Gasteiger partial charge in [-0.05, 0) is 37.1 Å². The number of ether oxygens (including phenoxy) is 1. The Morgan fingerprint density at radius 1 is 1.41 bits per heavy atom. The fraction of sp³-hybridized carbons (Fsp3) is 0.588. The van der Waals surface area contributed by atoms with E-state index < -0.39 is 0 Å². The van der Waals surface area contributed by atoms with Gasteiger partial charge >= 0.3 is 5.97 Å². The third-order valence-corrected chi connectivity index (χ3v) is 3.26. The minimum atomic E-state index is -0.279. The molecule has 1 N–H and O–H groups in total. The molecular formula is C17H27FN2O2. The standard InChI is InChI=1S/C17H27FN2O2/c1-5-22-17(21)8-9-20(4)16-10-14(6-7-15(16)18)12-19-11-13(2)3/h6-7,10,13,19H,5,8-9,11-12H2,1-4H3. The average molecular weight is 310 g/mol. The number of carbonyl (C=O) groups is 1. The van der Waals surface area contributed by atoms with Crippen LogP contribution in [0.2, 0.25) is 0 Å². The second-order valence-corrected chi connectivity index (χ2v) is 5.79. The summed E-state index contributed by atoms with van der Waals surface area (Å²) in [5.74, 6) is 0.0376. The van der Waals surface area contributed by atoms with Crippen LogP contribution >= 0.6 is 0 Å². The van der Waals surface area contributed by atoms with Crippen LogP contribution in [-0.4, -0.2) is 32.7 Å². The van der Waals surface area contributed by atoms with Gasteiger partial charge in [0.1, 0.15) is 5.82 Å². The summed E-state index contributed by atoms with van der Waals surface area (Å²) in [5.41, 5.74) is 1.54. The Labute approximate surface area is 132 Å². The molecule has 22 heavy (non-hydrogen) atoms. The summed E-state index contributed by atoms with van der Waals surface area (Å²) in [6, 6.07) is 5.09. The molecule has 1 aromatic rings. The van der Waals surface area contributed by atoms with E-state index >= 15 is 0 Å². The smallest absolute Gasteiger partial charge is 0.307 e. The van der Waals surface area contributed by atoms with Crippen molar-refractivity contribution in [3.63, 3.8) is 0 Å². The Morgan fingerprint density at radius 3 is 2.77 bits per heavy atom. The molecule has 5 heteroatoms. The largest absolute Gasteiger partial charge is 0.466 e. The fourth-order valence-corrected chi connectivity index (χ4v) is 2.08. The molecule has 0 saturated heterocycles. The SMILES string of the molecule is CCOC(=O)CCN(C)c1cc(CNCC(C)C)ccc1F. The number of hydrogen-bond acceptors (Lipinski definition) is 4. The number of carbonyl (C=O) groups excluding carboxylic acids is 1. The fourth-order valence-electron chi connectivity index (χ4n) is 2.08. The van der Waals surface area contributed by atoms with Gasteiger partial charge in [0.25, 0.3) is 0 Å². The Hall–Kier alpha value is -1.62. The van der Waals surface area contributed by atoms with E-state index in [1.807, 2.05) is 6.07 Å². The molecule has 0 aliphatic carbocycles. The molecular weight excluding hydrogens is 283 g/mol. The third kappa shape index (κ3) is 6.43. The minimum absolute atomic E-state index is 0.250. The number of nitrogens with zero attached hydrogens (tertiary/aromatic N) is 1. The van der Waals surface area contributed by atoms with Crippen LogP contribution in [0, 0.1) is 11.7 Å². The van der Waals surface area contributed by atoms with Crippen molar-refractivity contribution in [1.82, 2.24) is 5.32 Å². The van der Waals surface area contributed by atoms with E-state index in [9.17, 15) is 9.18 Å². The van der Waals surface area contributed by atoms with Crippen molar-refractivity contribution in [2.75, 3.05) is 31.6 Å². The molecule has 1 aromatic carbocycles. The normalized spacial score (nSPS) is 10.8. The Morgan fingerprint density at radius 2 is 2.14 bits per heavy atom. The lowest BCUT2D eigenvalue weighted by Crippen LogP contribution is -2.23. The van der Waals surface area contributed by atoms with E-state index in [2.05, 4.69) is 19.2 Å². The van der Waals surface area contributed by atoms with E-state index in [0.29, 0.717) is 31.3 Å². The molecule has 4 nitrogen and oxygen atoms in total. The number of halogens is 1. The molecule has 1 rings (SSSR count). The lowest BCUT2D eigenvalue weighted by atomic mass is 10.1. The summed E-state index contributed by atoms with van der Waals surface area (Å²) in [6.07, 6.45) is 0.250. The monoisotopic (exact) mass is 310 g/mol. The van der Waals surface area contributed by atoms with Crippen LogP contribution in [0.3, 0.4) is 0 Å². The topological polar surface area (TPSA) is 41.6 Å². The van der Waals surface area contributed by atoms with Crippen LogP contribution in [-0.2, 0) is 16.1 Å². The summed E-state index contributed by atoms with van der Waals surface area (Å²) in [6.45, 7) is 8.49. The first kappa shape index (κ1) is 18.4. The summed E-state index contributed by atoms with van der Waals surface area (Å²) >= 11 is 0. The van der Waals surface area contributed by atoms with Crippen molar-refractivity contribution >= 4 is 11.7 Å². The van der Waals surface area contributed by atoms with Crippen molar-refractivity contribution in [1.29, 1.82) is 0 Å². The van der Waals surface area contributed by atoms with E-state index in [4.69, 9.17) is 4.74 Å². The highest BCUT2D eigenvalue weighted by Gasteiger charge is 2.11. The molecule has 0 saturated carbocycles. The van der Waals surface area contributed by atoms with Gasteiger partial charge in [-0.2, -0.15) is 0 Å². The van der Waals surface area contributed by atoms with Gasteiger partial charge in [-0.25, -0.2) is 4.39 Å². The molecule has 0 fully saturated rings. The molecule has 124 valence electrons. The number of benzene rings is 1. The maximum Gasteiger partial charge on any atom is 0.307 e. The zero-order chi connectivity index (χ0) is 16.5. The lowest BCUT2D eigenvalue weighted by molar-refractivity contribution is -0.142. The first-order valence-corrected chi connectivity index (χ1v) is 7.80. The van der Waals surface area contributed by atoms with Crippen molar-refractivity contribution < 1.29 is 13.9 Å². The molecule has 0 aliphatic rings. The Balaban J connectivity index is 2.62. The maximum absolute atomic E-state index is 14.0. The second kappa shape index (κ2) is 9.41. The average Bonchev–Trinajstić information content (AvgIpc) is 2.46. The molecule has 0 amide bonds. The molecule has 0 bridgehead atoms. The van der Waals surface area contributed by atoms with E-state index in [0.717, 1.165) is 12.1 Å². The first-order chi connectivity index (χ1) is 10.4. The molecule has 0 heterocycles. The van der Waals surface area contributed by atoms with Crippen LogP contribution in [0.5, 0.6) is 0 Å². The number of rotatable bonds is 9. The molecule has 0 aromatic heterocycles. The van der Waals surface area contributed by atoms with Crippen LogP contribution < -0.4 is 10.2 Å². The van der Waals surface area contributed by atoms with Crippen molar-refractivity contribution in [3.8, 4) is 0 Å². The predicted molar refractivity (Wildman–Crippen MR) is 87.5 cm³/mol. The van der Waals surface area contributed by atoms with E-state index in [1.165, 1.54) is 6.07 Å². The summed E-state index contributed by atoms with van der Waals surface area (Å²) in [4.78, 5) is 13.1. The van der Waals surface area contributed by atoms with Gasteiger partial charge in [0.15, 0.2) is 0 Å². The number of anilines is 1. The van der Waals surface area contributed by atoms with Crippen molar-refractivity contribution in [3.05, 3.63) is 29.6 Å². The van der Waals surface area contributed by atoms with E-state index in [1.54, 1.807) is 24.9 Å². The summed E-state index contributed by atoms with van der Waals surface area (Å²) < 4.78 is 18.9. The molecule has 0 atom stereocenters. The minimum Gasteiger partial charge on any atom is -0.466 e. The van der Waals surface area contributed by atoms with Crippen LogP contribution in [0.15, 0.2) is 18.2 Å². The second-order valence-electron chi connectivity index (χ2n) is 5.79. The Kier molecular flexibility index (Phi) is 7.88. The van der Waals surface area contributed by atoms with Crippen molar-refractivity contribution in [2.45, 2.75) is 33.7 Å². The third-order valence-electron chi connectivity index (χ3n) is 3.26. The molecule has 0 spiro atoms. The highest BCUT2D eigenvalue weighted by atomic mass is 19.1. The predicted octanol–water partition coefficient (Wildman–Crippen LogP) is 2.96. The number of hydrogen-bond donors (Lipinski definition) is 1. The molecule has 0 aliphatic heterocycles. The van der Waals surface area contributed by atoms with Gasteiger partial charge in [-0.3, -0.25) is 4.79 Å². The zero-order valence-corrected chi connectivity index (χ0v) is 14.0. The van der Waals surface area contributed by atoms with Gasteiger partial charge in [0, 0.05) is 20.1 Å². The van der Waals surface area contributed by atoms with Gasteiger partial charge in [-0.1, -0.05) is 19.9 Å². The van der Waals surface area contributed by atoms with Crippen LogP contribution in [0.25, 0.3) is 0 Å². The Bertz CT molecular complexity index is 478.